The van der Waals surface area contributed by atoms with Crippen LogP contribution in [-0.2, 0) is 0 Å². The van der Waals surface area contributed by atoms with Gasteiger partial charge in [-0.15, -0.1) is 0 Å². The standard InChI is InChI=1S/C10H18N2O/c1-3-5-8(6-4-2)10-9(11)7-12-13-10/h7-8H,3-6,11H2,1-2H3. The molecule has 1 rings (SSSR count). The third-order valence-corrected chi connectivity index (χ3v) is 2.27. The summed E-state index contributed by atoms with van der Waals surface area (Å²) in [5.74, 6) is 1.33. The highest BCUT2D eigenvalue weighted by Gasteiger charge is 2.16. The molecule has 3 heteroatoms. The van der Waals surface area contributed by atoms with E-state index in [-0.39, 0.29) is 0 Å². The van der Waals surface area contributed by atoms with Gasteiger partial charge < -0.3 is 10.3 Å². The summed E-state index contributed by atoms with van der Waals surface area (Å²) in [7, 11) is 0. The third-order valence-electron chi connectivity index (χ3n) is 2.27. The van der Waals surface area contributed by atoms with Crippen LogP contribution in [0.1, 0.15) is 51.2 Å². The van der Waals surface area contributed by atoms with Crippen LogP contribution >= 0.6 is 0 Å². The Morgan fingerprint density at radius 1 is 1.38 bits per heavy atom. The maximum absolute atomic E-state index is 5.75. The van der Waals surface area contributed by atoms with Crippen LogP contribution in [0.3, 0.4) is 0 Å². The summed E-state index contributed by atoms with van der Waals surface area (Å²) >= 11 is 0. The average molecular weight is 182 g/mol. The summed E-state index contributed by atoms with van der Waals surface area (Å²) in [4.78, 5) is 0. The number of nitrogens with two attached hydrogens (primary N) is 1. The van der Waals surface area contributed by atoms with Crippen LogP contribution in [0.4, 0.5) is 5.69 Å². The maximum atomic E-state index is 5.75. The monoisotopic (exact) mass is 182 g/mol. The predicted molar refractivity (Wildman–Crippen MR) is 53.5 cm³/mol. The molecule has 2 N–H and O–H groups in total. The Morgan fingerprint density at radius 3 is 2.38 bits per heavy atom. The number of anilines is 1. The zero-order valence-electron chi connectivity index (χ0n) is 8.42. The molecule has 0 aliphatic carbocycles. The minimum absolute atomic E-state index is 0.456. The molecule has 0 atom stereocenters. The molecular weight excluding hydrogens is 164 g/mol. The van der Waals surface area contributed by atoms with Crippen molar-refractivity contribution in [3.63, 3.8) is 0 Å². The van der Waals surface area contributed by atoms with Gasteiger partial charge >= 0.3 is 0 Å². The Hall–Kier alpha value is -0.990. The Morgan fingerprint density at radius 2 is 2.00 bits per heavy atom. The Bertz CT molecular complexity index is 239. The molecule has 1 aromatic rings. The van der Waals surface area contributed by atoms with Crippen LogP contribution in [0.2, 0.25) is 0 Å². The van der Waals surface area contributed by atoms with Crippen molar-refractivity contribution in [1.29, 1.82) is 0 Å². The zero-order chi connectivity index (χ0) is 9.68. The molecule has 3 nitrogen and oxygen atoms in total. The molecule has 0 aliphatic rings. The fourth-order valence-electron chi connectivity index (χ4n) is 1.67. The first kappa shape index (κ1) is 10.1. The van der Waals surface area contributed by atoms with Crippen molar-refractivity contribution in [3.05, 3.63) is 12.0 Å². The lowest BCUT2D eigenvalue weighted by molar-refractivity contribution is 0.345. The van der Waals surface area contributed by atoms with Crippen molar-refractivity contribution in [2.75, 3.05) is 5.73 Å². The second-order valence-corrected chi connectivity index (χ2v) is 3.42. The van der Waals surface area contributed by atoms with E-state index in [4.69, 9.17) is 10.3 Å². The molecule has 0 bridgehead atoms. The summed E-state index contributed by atoms with van der Waals surface area (Å²) in [6, 6.07) is 0. The Balaban J connectivity index is 2.69. The summed E-state index contributed by atoms with van der Waals surface area (Å²) in [6.45, 7) is 4.35. The minimum Gasteiger partial charge on any atom is -0.395 e. The first-order chi connectivity index (χ1) is 6.29. The van der Waals surface area contributed by atoms with E-state index >= 15 is 0 Å². The molecule has 0 unspecified atom stereocenters. The van der Waals surface area contributed by atoms with Crippen LogP contribution in [0.5, 0.6) is 0 Å². The highest BCUT2D eigenvalue weighted by Crippen LogP contribution is 2.29. The summed E-state index contributed by atoms with van der Waals surface area (Å²) in [6.07, 6.45) is 6.17. The largest absolute Gasteiger partial charge is 0.395 e. The van der Waals surface area contributed by atoms with Crippen molar-refractivity contribution in [1.82, 2.24) is 5.16 Å². The van der Waals surface area contributed by atoms with Gasteiger partial charge in [0.1, 0.15) is 0 Å². The average Bonchev–Trinajstić information content (AvgIpc) is 2.51. The molecular formula is C10H18N2O. The van der Waals surface area contributed by atoms with Crippen molar-refractivity contribution >= 4 is 5.69 Å². The number of nitrogen functional groups attached to an aromatic ring is 1. The van der Waals surface area contributed by atoms with Gasteiger partial charge in [-0.05, 0) is 12.8 Å². The molecule has 0 radical (unpaired) electrons. The molecule has 1 aromatic heterocycles. The van der Waals surface area contributed by atoms with E-state index < -0.39 is 0 Å². The lowest BCUT2D eigenvalue weighted by Gasteiger charge is -2.11. The van der Waals surface area contributed by atoms with E-state index in [2.05, 4.69) is 19.0 Å². The zero-order valence-corrected chi connectivity index (χ0v) is 8.42. The van der Waals surface area contributed by atoms with E-state index in [1.807, 2.05) is 0 Å². The van der Waals surface area contributed by atoms with Gasteiger partial charge in [0.05, 0.1) is 11.9 Å². The van der Waals surface area contributed by atoms with Crippen LogP contribution < -0.4 is 5.73 Å². The van der Waals surface area contributed by atoms with E-state index in [1.54, 1.807) is 6.20 Å². The van der Waals surface area contributed by atoms with Gasteiger partial charge in [0.2, 0.25) is 0 Å². The SMILES string of the molecule is CCCC(CCC)c1oncc1N. The van der Waals surface area contributed by atoms with Crippen molar-refractivity contribution in [3.8, 4) is 0 Å². The van der Waals surface area contributed by atoms with Gasteiger partial charge in [-0.1, -0.05) is 31.8 Å². The summed E-state index contributed by atoms with van der Waals surface area (Å²) in [5, 5.41) is 3.71. The van der Waals surface area contributed by atoms with Gasteiger partial charge in [0, 0.05) is 5.92 Å². The number of hydrogen-bond acceptors (Lipinski definition) is 3. The second kappa shape index (κ2) is 4.90. The van der Waals surface area contributed by atoms with Crippen LogP contribution in [0, 0.1) is 0 Å². The number of hydrogen-bond donors (Lipinski definition) is 1. The number of aromatic nitrogens is 1. The molecule has 74 valence electrons. The Labute approximate surface area is 79.3 Å². The molecule has 1 heterocycles. The predicted octanol–water partition coefficient (Wildman–Crippen LogP) is 2.94. The van der Waals surface area contributed by atoms with Crippen molar-refractivity contribution < 1.29 is 4.52 Å². The highest BCUT2D eigenvalue weighted by atomic mass is 16.5. The smallest absolute Gasteiger partial charge is 0.162 e. The van der Waals surface area contributed by atoms with Gasteiger partial charge in [-0.3, -0.25) is 0 Å². The second-order valence-electron chi connectivity index (χ2n) is 3.42. The molecule has 0 aromatic carbocycles. The van der Waals surface area contributed by atoms with Gasteiger partial charge in [0.25, 0.3) is 0 Å². The normalized spacial score (nSPS) is 11.0. The van der Waals surface area contributed by atoms with Crippen LogP contribution in [-0.4, -0.2) is 5.16 Å². The van der Waals surface area contributed by atoms with Gasteiger partial charge in [-0.2, -0.15) is 0 Å². The van der Waals surface area contributed by atoms with E-state index in [9.17, 15) is 0 Å². The lowest BCUT2D eigenvalue weighted by atomic mass is 9.95. The van der Waals surface area contributed by atoms with E-state index in [0.717, 1.165) is 31.4 Å². The molecule has 0 aliphatic heterocycles. The maximum Gasteiger partial charge on any atom is 0.162 e. The minimum atomic E-state index is 0.456. The highest BCUT2D eigenvalue weighted by molar-refractivity contribution is 5.40. The van der Waals surface area contributed by atoms with Crippen molar-refractivity contribution in [2.24, 2.45) is 0 Å². The van der Waals surface area contributed by atoms with Gasteiger partial charge in [-0.25, -0.2) is 0 Å². The molecule has 13 heavy (non-hydrogen) atoms. The Kier molecular flexibility index (Phi) is 3.80. The van der Waals surface area contributed by atoms with Crippen molar-refractivity contribution in [2.45, 2.75) is 45.4 Å². The fourth-order valence-corrected chi connectivity index (χ4v) is 1.67. The molecule has 0 spiro atoms. The fraction of sp³-hybridized carbons (Fsp3) is 0.700. The number of nitrogens with zero attached hydrogens (tertiary/aromatic N) is 1. The molecule has 0 amide bonds. The molecule has 0 saturated carbocycles. The van der Waals surface area contributed by atoms with Crippen LogP contribution in [0.15, 0.2) is 10.7 Å². The quantitative estimate of drug-likeness (QED) is 0.761. The summed E-state index contributed by atoms with van der Waals surface area (Å²) in [5.41, 5.74) is 6.45. The van der Waals surface area contributed by atoms with E-state index in [1.165, 1.54) is 0 Å². The first-order valence-corrected chi connectivity index (χ1v) is 4.99. The van der Waals surface area contributed by atoms with Gasteiger partial charge in [0.15, 0.2) is 5.76 Å². The third kappa shape index (κ3) is 2.47. The van der Waals surface area contributed by atoms with Crippen LogP contribution in [0.25, 0.3) is 0 Å². The topological polar surface area (TPSA) is 52.0 Å². The molecule has 0 saturated heterocycles. The number of rotatable bonds is 5. The van der Waals surface area contributed by atoms with E-state index in [0.29, 0.717) is 11.6 Å². The first-order valence-electron chi connectivity index (χ1n) is 4.99. The lowest BCUT2D eigenvalue weighted by Crippen LogP contribution is -2.00. The molecule has 0 fully saturated rings. The summed E-state index contributed by atoms with van der Waals surface area (Å²) < 4.78 is 5.16.